The molecule has 9 nitrogen and oxygen atoms in total. The third-order valence-corrected chi connectivity index (χ3v) is 3.80. The van der Waals surface area contributed by atoms with Gasteiger partial charge in [0.25, 0.3) is 5.91 Å². The topological polar surface area (TPSA) is 114 Å². The lowest BCUT2D eigenvalue weighted by Crippen LogP contribution is -2.47. The lowest BCUT2D eigenvalue weighted by molar-refractivity contribution is -0.159. The molecule has 1 atom stereocenters. The van der Waals surface area contributed by atoms with Crippen molar-refractivity contribution in [3.63, 3.8) is 0 Å². The average Bonchev–Trinajstić information content (AvgIpc) is 2.52. The number of imide groups is 1. The number of rotatable bonds is 4. The van der Waals surface area contributed by atoms with Gasteiger partial charge < -0.3 is 19.7 Å². The standard InChI is InChI=1S/C18H31N3O6/c1-11(2)19-16(24)20-14(22)12(3)26-15(23)13-7-9-21(10-8-13)17(25)27-18(4,5)6/h11-13H,7-10H2,1-6H3,(H2,19,20,22,24)/t12-/m0/s1. The van der Waals surface area contributed by atoms with Crippen LogP contribution in [-0.2, 0) is 19.1 Å². The van der Waals surface area contributed by atoms with Gasteiger partial charge in [-0.2, -0.15) is 0 Å². The molecule has 1 saturated heterocycles. The van der Waals surface area contributed by atoms with Crippen LogP contribution in [0.1, 0.15) is 54.4 Å². The van der Waals surface area contributed by atoms with E-state index in [9.17, 15) is 19.2 Å². The van der Waals surface area contributed by atoms with Crippen LogP contribution in [0.25, 0.3) is 0 Å². The number of amides is 4. The summed E-state index contributed by atoms with van der Waals surface area (Å²) in [6.45, 7) is 11.1. The van der Waals surface area contributed by atoms with Crippen LogP contribution in [-0.4, -0.2) is 59.7 Å². The maximum absolute atomic E-state index is 12.2. The van der Waals surface area contributed by atoms with E-state index in [1.165, 1.54) is 6.92 Å². The summed E-state index contributed by atoms with van der Waals surface area (Å²) < 4.78 is 10.5. The Hall–Kier alpha value is -2.32. The minimum absolute atomic E-state index is 0.120. The van der Waals surface area contributed by atoms with Gasteiger partial charge >= 0.3 is 18.1 Å². The third-order valence-electron chi connectivity index (χ3n) is 3.80. The molecule has 2 N–H and O–H groups in total. The van der Waals surface area contributed by atoms with E-state index in [-0.39, 0.29) is 6.04 Å². The normalized spacial score (nSPS) is 16.5. The first-order chi connectivity index (χ1) is 12.4. The van der Waals surface area contributed by atoms with Crippen molar-refractivity contribution in [3.05, 3.63) is 0 Å². The number of hydrogen-bond acceptors (Lipinski definition) is 6. The van der Waals surface area contributed by atoms with E-state index in [1.807, 2.05) is 0 Å². The Kier molecular flexibility index (Phi) is 8.05. The third kappa shape index (κ3) is 8.27. The van der Waals surface area contributed by atoms with E-state index in [0.717, 1.165) is 0 Å². The number of carbonyl (C=O) groups is 4. The van der Waals surface area contributed by atoms with Gasteiger partial charge in [-0.15, -0.1) is 0 Å². The molecule has 0 unspecified atom stereocenters. The van der Waals surface area contributed by atoms with Gasteiger partial charge in [-0.1, -0.05) is 0 Å². The van der Waals surface area contributed by atoms with Gasteiger partial charge in [0.2, 0.25) is 0 Å². The Balaban J connectivity index is 2.43. The molecule has 0 radical (unpaired) electrons. The molecule has 0 aromatic heterocycles. The summed E-state index contributed by atoms with van der Waals surface area (Å²) in [5.41, 5.74) is -0.572. The summed E-state index contributed by atoms with van der Waals surface area (Å²) in [5.74, 6) is -1.60. The van der Waals surface area contributed by atoms with E-state index in [2.05, 4.69) is 10.6 Å². The van der Waals surface area contributed by atoms with Gasteiger partial charge in [0, 0.05) is 19.1 Å². The molecular formula is C18H31N3O6. The SMILES string of the molecule is CC(C)NC(=O)NC(=O)[C@H](C)OC(=O)C1CCN(C(=O)OC(C)(C)C)CC1. The van der Waals surface area contributed by atoms with Gasteiger partial charge in [0.1, 0.15) is 5.60 Å². The number of nitrogens with zero attached hydrogens (tertiary/aromatic N) is 1. The van der Waals surface area contributed by atoms with Crippen molar-refractivity contribution in [2.45, 2.75) is 72.1 Å². The Morgan fingerprint density at radius 3 is 2.07 bits per heavy atom. The fourth-order valence-electron chi connectivity index (χ4n) is 2.46. The number of nitrogens with one attached hydrogen (secondary N) is 2. The molecule has 1 fully saturated rings. The maximum atomic E-state index is 12.2. The van der Waals surface area contributed by atoms with Crippen LogP contribution in [0, 0.1) is 5.92 Å². The molecule has 0 aromatic rings. The molecule has 0 saturated carbocycles. The minimum Gasteiger partial charge on any atom is -0.452 e. The highest BCUT2D eigenvalue weighted by Gasteiger charge is 2.32. The van der Waals surface area contributed by atoms with Crippen LogP contribution in [0.3, 0.4) is 0 Å². The first kappa shape index (κ1) is 22.7. The first-order valence-corrected chi connectivity index (χ1v) is 9.19. The summed E-state index contributed by atoms with van der Waals surface area (Å²) >= 11 is 0. The predicted octanol–water partition coefficient (Wildman–Crippen LogP) is 1.80. The Morgan fingerprint density at radius 2 is 1.59 bits per heavy atom. The van der Waals surface area contributed by atoms with E-state index in [0.29, 0.717) is 25.9 Å². The molecule has 0 spiro atoms. The zero-order chi connectivity index (χ0) is 20.8. The number of likely N-dealkylation sites (tertiary alicyclic amines) is 1. The number of ether oxygens (including phenoxy) is 2. The molecule has 1 aliphatic heterocycles. The highest BCUT2D eigenvalue weighted by Crippen LogP contribution is 2.21. The second-order valence-corrected chi connectivity index (χ2v) is 7.94. The molecule has 0 aromatic carbocycles. The van der Waals surface area contributed by atoms with Crippen LogP contribution in [0.15, 0.2) is 0 Å². The molecule has 1 aliphatic rings. The van der Waals surface area contributed by atoms with E-state index in [4.69, 9.17) is 9.47 Å². The average molecular weight is 385 g/mol. The summed E-state index contributed by atoms with van der Waals surface area (Å²) in [6, 6.07) is -0.755. The molecule has 0 aliphatic carbocycles. The Bertz CT molecular complexity index is 562. The van der Waals surface area contributed by atoms with Gasteiger partial charge in [0.15, 0.2) is 6.10 Å². The molecule has 1 heterocycles. The van der Waals surface area contributed by atoms with Crippen LogP contribution < -0.4 is 10.6 Å². The van der Waals surface area contributed by atoms with Crippen molar-refractivity contribution in [2.24, 2.45) is 5.92 Å². The highest BCUT2D eigenvalue weighted by molar-refractivity contribution is 5.97. The molecular weight excluding hydrogens is 354 g/mol. The van der Waals surface area contributed by atoms with Crippen molar-refractivity contribution in [1.82, 2.24) is 15.5 Å². The molecule has 9 heteroatoms. The first-order valence-electron chi connectivity index (χ1n) is 9.19. The zero-order valence-electron chi connectivity index (χ0n) is 17.0. The molecule has 0 bridgehead atoms. The van der Waals surface area contributed by atoms with Crippen molar-refractivity contribution in [3.8, 4) is 0 Å². The minimum atomic E-state index is -1.08. The van der Waals surface area contributed by atoms with Crippen LogP contribution in [0.2, 0.25) is 0 Å². The van der Waals surface area contributed by atoms with E-state index in [1.54, 1.807) is 39.5 Å². The van der Waals surface area contributed by atoms with Crippen LogP contribution in [0.4, 0.5) is 9.59 Å². The monoisotopic (exact) mass is 385 g/mol. The second-order valence-electron chi connectivity index (χ2n) is 7.94. The quantitative estimate of drug-likeness (QED) is 0.713. The lowest BCUT2D eigenvalue weighted by atomic mass is 9.97. The fraction of sp³-hybridized carbons (Fsp3) is 0.778. The summed E-state index contributed by atoms with van der Waals surface area (Å²) in [6.07, 6.45) is -0.627. The Morgan fingerprint density at radius 1 is 1.04 bits per heavy atom. The van der Waals surface area contributed by atoms with Crippen LogP contribution in [0.5, 0.6) is 0 Å². The molecule has 154 valence electrons. The zero-order valence-corrected chi connectivity index (χ0v) is 17.0. The highest BCUT2D eigenvalue weighted by atomic mass is 16.6. The summed E-state index contributed by atoms with van der Waals surface area (Å²) in [5, 5.41) is 4.64. The van der Waals surface area contributed by atoms with Gasteiger partial charge in [-0.25, -0.2) is 9.59 Å². The smallest absolute Gasteiger partial charge is 0.410 e. The number of hydrogen-bond donors (Lipinski definition) is 2. The molecule has 1 rings (SSSR count). The van der Waals surface area contributed by atoms with E-state index < -0.39 is 41.6 Å². The van der Waals surface area contributed by atoms with Gasteiger partial charge in [-0.3, -0.25) is 14.9 Å². The largest absolute Gasteiger partial charge is 0.452 e. The molecule has 4 amide bonds. The maximum Gasteiger partial charge on any atom is 0.410 e. The molecule has 27 heavy (non-hydrogen) atoms. The van der Waals surface area contributed by atoms with Crippen molar-refractivity contribution in [1.29, 1.82) is 0 Å². The fourth-order valence-corrected chi connectivity index (χ4v) is 2.46. The number of urea groups is 1. The number of piperidine rings is 1. The number of carbonyl (C=O) groups excluding carboxylic acids is 4. The summed E-state index contributed by atoms with van der Waals surface area (Å²) in [4.78, 5) is 49.3. The van der Waals surface area contributed by atoms with E-state index >= 15 is 0 Å². The lowest BCUT2D eigenvalue weighted by Gasteiger charge is -2.32. The van der Waals surface area contributed by atoms with Gasteiger partial charge in [0.05, 0.1) is 5.92 Å². The predicted molar refractivity (Wildman–Crippen MR) is 97.9 cm³/mol. The number of esters is 1. The Labute approximate surface area is 160 Å². The van der Waals surface area contributed by atoms with Crippen molar-refractivity contribution >= 4 is 24.0 Å². The van der Waals surface area contributed by atoms with Crippen molar-refractivity contribution in [2.75, 3.05) is 13.1 Å². The van der Waals surface area contributed by atoms with Crippen LogP contribution >= 0.6 is 0 Å². The van der Waals surface area contributed by atoms with Gasteiger partial charge in [-0.05, 0) is 54.4 Å². The second kappa shape index (κ2) is 9.57. The van der Waals surface area contributed by atoms with Crippen molar-refractivity contribution < 1.29 is 28.7 Å². The summed E-state index contributed by atoms with van der Waals surface area (Å²) in [7, 11) is 0.